The van der Waals surface area contributed by atoms with Gasteiger partial charge in [0, 0.05) is 29.8 Å². The molecule has 0 spiro atoms. The summed E-state index contributed by atoms with van der Waals surface area (Å²) in [5, 5.41) is 33.4. The van der Waals surface area contributed by atoms with Crippen LogP contribution in [-0.4, -0.2) is 40.0 Å². The number of aromatic nitrogens is 1. The summed E-state index contributed by atoms with van der Waals surface area (Å²) in [4.78, 5) is 52.6. The molecule has 0 saturated carbocycles. The maximum Gasteiger partial charge on any atom is 0.301 e. The van der Waals surface area contributed by atoms with E-state index in [0.717, 1.165) is 47.0 Å². The summed E-state index contributed by atoms with van der Waals surface area (Å²) in [6.07, 6.45) is 0.973. The largest absolute Gasteiger partial charge is 0.507 e. The number of anilines is 1. The number of carbonyl (C=O) groups excluding carboxylic acids is 2. The third-order valence-corrected chi connectivity index (χ3v) is 9.69. The number of hydrogen-bond donors (Lipinski definition) is 1. The van der Waals surface area contributed by atoms with E-state index in [1.807, 2.05) is 6.92 Å². The summed E-state index contributed by atoms with van der Waals surface area (Å²) in [5.74, 6) is -2.75. The average Bonchev–Trinajstić information content (AvgIpc) is 3.56. The molecule has 13 nitrogen and oxygen atoms in total. The number of Topliss-reactive ketones (excluding diaryl/α,β-unsaturated/α-hetero) is 1. The highest BCUT2D eigenvalue weighted by Gasteiger charge is 2.48. The molecular formula is C27H18N4O9S2. The summed E-state index contributed by atoms with van der Waals surface area (Å²) >= 11 is 0.550. The number of nitro groups is 2. The van der Waals surface area contributed by atoms with Gasteiger partial charge < -0.3 is 5.11 Å². The van der Waals surface area contributed by atoms with E-state index in [-0.39, 0.29) is 42.3 Å². The maximum atomic E-state index is 13.4. The molecule has 1 N–H and O–H groups in total. The van der Waals surface area contributed by atoms with E-state index in [2.05, 4.69) is 4.98 Å². The first kappa shape index (κ1) is 28.3. The normalized spacial score (nSPS) is 16.5. The Labute approximate surface area is 241 Å². The van der Waals surface area contributed by atoms with Crippen LogP contribution in [-0.2, 0) is 19.4 Å². The van der Waals surface area contributed by atoms with Crippen molar-refractivity contribution in [2.45, 2.75) is 22.1 Å². The zero-order valence-electron chi connectivity index (χ0n) is 21.4. The molecule has 1 fully saturated rings. The van der Waals surface area contributed by atoms with Crippen LogP contribution in [0.2, 0.25) is 0 Å². The second kappa shape index (κ2) is 10.6. The fourth-order valence-electron chi connectivity index (χ4n) is 4.37. The van der Waals surface area contributed by atoms with E-state index in [1.165, 1.54) is 18.2 Å². The Morgan fingerprint density at radius 3 is 2.21 bits per heavy atom. The summed E-state index contributed by atoms with van der Waals surface area (Å²) in [6.45, 7) is 1.82. The van der Waals surface area contributed by atoms with Crippen molar-refractivity contribution in [3.05, 3.63) is 121 Å². The quantitative estimate of drug-likeness (QED) is 0.101. The van der Waals surface area contributed by atoms with Crippen molar-refractivity contribution in [1.29, 1.82) is 0 Å². The van der Waals surface area contributed by atoms with Gasteiger partial charge in [-0.15, -0.1) is 0 Å². The number of carbonyl (C=O) groups is 2. The van der Waals surface area contributed by atoms with Crippen molar-refractivity contribution < 1.29 is 33.0 Å². The number of aryl methyl sites for hydroxylation is 1. The van der Waals surface area contributed by atoms with Crippen molar-refractivity contribution in [3.63, 3.8) is 0 Å². The van der Waals surface area contributed by atoms with Crippen LogP contribution in [0.15, 0.2) is 93.7 Å². The first-order chi connectivity index (χ1) is 19.9. The minimum Gasteiger partial charge on any atom is -0.507 e. The maximum absolute atomic E-state index is 13.4. The average molecular weight is 607 g/mol. The van der Waals surface area contributed by atoms with Gasteiger partial charge in [-0.05, 0) is 24.6 Å². The summed E-state index contributed by atoms with van der Waals surface area (Å²) in [7, 11) is -4.24. The van der Waals surface area contributed by atoms with Crippen LogP contribution < -0.4 is 4.90 Å². The molecule has 1 aliphatic rings. The van der Waals surface area contributed by atoms with Gasteiger partial charge in [-0.1, -0.05) is 53.3 Å². The van der Waals surface area contributed by atoms with E-state index in [4.69, 9.17) is 0 Å². The van der Waals surface area contributed by atoms with Gasteiger partial charge in [0.05, 0.1) is 32.6 Å². The van der Waals surface area contributed by atoms with Gasteiger partial charge in [-0.25, -0.2) is 13.4 Å². The van der Waals surface area contributed by atoms with Crippen LogP contribution in [0.25, 0.3) is 5.76 Å². The highest BCUT2D eigenvalue weighted by molar-refractivity contribution is 7.93. The highest BCUT2D eigenvalue weighted by Crippen LogP contribution is 2.44. The molecule has 0 radical (unpaired) electrons. The van der Waals surface area contributed by atoms with Gasteiger partial charge in [-0.2, -0.15) is 0 Å². The number of aliphatic hydroxyl groups excluding tert-OH is 1. The molecule has 4 aromatic rings. The van der Waals surface area contributed by atoms with Crippen molar-refractivity contribution in [2.24, 2.45) is 0 Å². The molecule has 212 valence electrons. The van der Waals surface area contributed by atoms with E-state index >= 15 is 0 Å². The predicted octanol–water partition coefficient (Wildman–Crippen LogP) is 4.73. The predicted molar refractivity (Wildman–Crippen MR) is 150 cm³/mol. The number of hydrogen-bond acceptors (Lipinski definition) is 11. The van der Waals surface area contributed by atoms with E-state index in [9.17, 15) is 43.3 Å². The molecule has 15 heteroatoms. The Bertz CT molecular complexity index is 1920. The SMILES string of the molecule is Cc1ccc(C(O)=C2C(=O)C(=O)N(c3ncc(S(=O)(=O)c4ccc([N+](=O)[O-])cc4)s3)C2c2cccc([N+](=O)[O-])c2)cc1. The van der Waals surface area contributed by atoms with Gasteiger partial charge in [0.1, 0.15) is 9.97 Å². The number of nitrogens with zero attached hydrogens (tertiary/aromatic N) is 4. The lowest BCUT2D eigenvalue weighted by molar-refractivity contribution is -0.385. The number of amides is 1. The number of thiazole rings is 1. The number of ketones is 1. The Hall–Kier alpha value is -5.28. The van der Waals surface area contributed by atoms with Crippen LogP contribution in [0.5, 0.6) is 0 Å². The first-order valence-electron chi connectivity index (χ1n) is 12.0. The molecule has 1 saturated heterocycles. The monoisotopic (exact) mass is 606 g/mol. The molecule has 3 aromatic carbocycles. The molecule has 42 heavy (non-hydrogen) atoms. The number of benzene rings is 3. The Morgan fingerprint density at radius 1 is 0.952 bits per heavy atom. The number of sulfone groups is 1. The zero-order chi connectivity index (χ0) is 30.3. The third kappa shape index (κ3) is 4.90. The van der Waals surface area contributed by atoms with Gasteiger partial charge in [0.2, 0.25) is 9.84 Å². The Balaban J connectivity index is 1.65. The molecule has 0 aliphatic carbocycles. The standard InChI is InChI=1S/C27H18N4O9S2/c1-15-5-7-16(8-6-15)24(32)22-23(17-3-2-4-19(13-17)31(37)38)29(26(34)25(22)33)27-28-14-21(41-27)42(39,40)20-11-9-18(10-12-20)30(35)36/h2-14,23,32H,1H3. The number of aliphatic hydroxyl groups is 1. The Morgan fingerprint density at radius 2 is 1.60 bits per heavy atom. The summed E-state index contributed by atoms with van der Waals surface area (Å²) in [5.41, 5.74) is 0.175. The number of non-ortho nitro benzene ring substituents is 2. The number of nitro benzene ring substituents is 2. The lowest BCUT2D eigenvalue weighted by Crippen LogP contribution is -2.29. The zero-order valence-corrected chi connectivity index (χ0v) is 23.0. The number of rotatable bonds is 7. The van der Waals surface area contributed by atoms with Gasteiger partial charge in [0.15, 0.2) is 5.13 Å². The van der Waals surface area contributed by atoms with Crippen LogP contribution in [0.3, 0.4) is 0 Å². The van der Waals surface area contributed by atoms with Crippen molar-refractivity contribution in [1.82, 2.24) is 4.98 Å². The highest BCUT2D eigenvalue weighted by atomic mass is 32.2. The lowest BCUT2D eigenvalue weighted by Gasteiger charge is -2.22. The van der Waals surface area contributed by atoms with Crippen LogP contribution in [0.1, 0.15) is 22.7 Å². The Kier molecular flexibility index (Phi) is 7.13. The van der Waals surface area contributed by atoms with Crippen LogP contribution in [0.4, 0.5) is 16.5 Å². The second-order valence-electron chi connectivity index (χ2n) is 9.10. The van der Waals surface area contributed by atoms with E-state index in [0.29, 0.717) is 11.3 Å². The van der Waals surface area contributed by atoms with Gasteiger partial charge in [-0.3, -0.25) is 34.7 Å². The molecule has 0 bridgehead atoms. The topological polar surface area (TPSA) is 191 Å². The minimum absolute atomic E-state index is 0.104. The molecule has 5 rings (SSSR count). The molecular weight excluding hydrogens is 588 g/mol. The molecule has 2 heterocycles. The second-order valence-corrected chi connectivity index (χ2v) is 12.3. The van der Waals surface area contributed by atoms with Crippen molar-refractivity contribution in [3.8, 4) is 0 Å². The molecule has 1 atom stereocenters. The smallest absolute Gasteiger partial charge is 0.301 e. The first-order valence-corrected chi connectivity index (χ1v) is 14.3. The van der Waals surface area contributed by atoms with Gasteiger partial charge in [0.25, 0.3) is 17.2 Å². The molecule has 1 unspecified atom stereocenters. The fourth-order valence-corrected chi connectivity index (χ4v) is 6.92. The van der Waals surface area contributed by atoms with Crippen molar-refractivity contribution >= 4 is 55.1 Å². The van der Waals surface area contributed by atoms with Crippen molar-refractivity contribution in [2.75, 3.05) is 4.90 Å². The molecule has 1 amide bonds. The van der Waals surface area contributed by atoms with E-state index in [1.54, 1.807) is 24.3 Å². The lowest BCUT2D eigenvalue weighted by atomic mass is 9.95. The fraction of sp³-hybridized carbons (Fsp3) is 0.0741. The minimum atomic E-state index is -4.24. The summed E-state index contributed by atoms with van der Waals surface area (Å²) in [6, 6.07) is 14.4. The van der Waals surface area contributed by atoms with Crippen LogP contribution >= 0.6 is 11.3 Å². The molecule has 1 aliphatic heterocycles. The molecule has 1 aromatic heterocycles. The third-order valence-electron chi connectivity index (χ3n) is 6.47. The summed E-state index contributed by atoms with van der Waals surface area (Å²) < 4.78 is 26.2. The van der Waals surface area contributed by atoms with Gasteiger partial charge >= 0.3 is 5.91 Å². The van der Waals surface area contributed by atoms with E-state index < -0.39 is 43.2 Å². The van der Waals surface area contributed by atoms with Crippen LogP contribution in [0, 0.1) is 27.2 Å².